The largest absolute Gasteiger partial charge is 0.490 e. The molecule has 15 nitrogen and oxygen atoms in total. The zero-order chi connectivity index (χ0) is 45.6. The van der Waals surface area contributed by atoms with E-state index in [-0.39, 0.29) is 56.1 Å². The number of carboxylic acid groups (broad SMARTS) is 1. The number of hydrogen-bond donors (Lipinski definition) is 2. The van der Waals surface area contributed by atoms with Crippen LogP contribution in [0.4, 0.5) is 18.9 Å². The predicted molar refractivity (Wildman–Crippen MR) is 216 cm³/mol. The van der Waals surface area contributed by atoms with Gasteiger partial charge in [0.2, 0.25) is 0 Å². The molecule has 18 heteroatoms. The Balaban J connectivity index is 0.00000227. The standard InChI is InChI=1S/C39H67N5O8.C2HF3O2/c1-36(2,3)49-32(45)25-41-17-18-42(26-33(46)50-37(4,5)6)21-22-44(28-35(48)52-39(10,11)12)31(23-29-13-15-30(40)16-14-29)24-43(20-19-41)27-34(47)51-38(7,8)9;3-2(4,5)1(6)7/h13-16,31H,17-28,40H2,1-12H3;(H,6,7)/t31-;/m0./s1. The van der Waals surface area contributed by atoms with Crippen molar-refractivity contribution in [3.8, 4) is 0 Å². The minimum atomic E-state index is -5.08. The van der Waals surface area contributed by atoms with Crippen LogP contribution < -0.4 is 5.73 Å². The number of ether oxygens (including phenoxy) is 4. The second kappa shape index (κ2) is 22.6. The fourth-order valence-corrected chi connectivity index (χ4v) is 5.74. The van der Waals surface area contributed by atoms with E-state index in [0.717, 1.165) is 5.56 Å². The van der Waals surface area contributed by atoms with Crippen LogP contribution in [0.25, 0.3) is 0 Å². The first kappa shape index (κ1) is 53.0. The molecule has 0 aromatic heterocycles. The molecule has 1 fully saturated rings. The Labute approximate surface area is 347 Å². The maximum absolute atomic E-state index is 13.4. The summed E-state index contributed by atoms with van der Waals surface area (Å²) in [6.45, 7) is 25.1. The zero-order valence-electron chi connectivity index (χ0n) is 37.0. The van der Waals surface area contributed by atoms with Crippen LogP contribution in [0.2, 0.25) is 0 Å². The molecule has 0 aliphatic carbocycles. The molecule has 1 aliphatic heterocycles. The molecule has 3 N–H and O–H groups in total. The molecule has 338 valence electrons. The zero-order valence-corrected chi connectivity index (χ0v) is 37.0. The molecule has 2 rings (SSSR count). The van der Waals surface area contributed by atoms with Gasteiger partial charge in [-0.2, -0.15) is 13.2 Å². The summed E-state index contributed by atoms with van der Waals surface area (Å²) in [5, 5.41) is 7.12. The second-order valence-corrected chi connectivity index (χ2v) is 18.5. The molecular formula is C41H68F3N5O10. The van der Waals surface area contributed by atoms with Crippen molar-refractivity contribution in [2.75, 3.05) is 77.7 Å². The number of nitrogen functional groups attached to an aromatic ring is 1. The van der Waals surface area contributed by atoms with Gasteiger partial charge in [-0.3, -0.25) is 38.8 Å². The molecule has 59 heavy (non-hydrogen) atoms. The number of esters is 4. The Morgan fingerprint density at radius 1 is 0.576 bits per heavy atom. The van der Waals surface area contributed by atoms with Gasteiger partial charge in [-0.1, -0.05) is 12.1 Å². The number of halogens is 3. The predicted octanol–water partition coefficient (Wildman–Crippen LogP) is 4.40. The highest BCUT2D eigenvalue weighted by atomic mass is 19.4. The van der Waals surface area contributed by atoms with E-state index in [9.17, 15) is 32.3 Å². The summed E-state index contributed by atoms with van der Waals surface area (Å²) in [4.78, 5) is 69.9. The molecule has 0 saturated carbocycles. The van der Waals surface area contributed by atoms with E-state index in [0.29, 0.717) is 57.9 Å². The van der Waals surface area contributed by atoms with Crippen molar-refractivity contribution in [1.29, 1.82) is 0 Å². The molecule has 1 atom stereocenters. The number of carboxylic acids is 1. The molecule has 0 spiro atoms. The molecule has 0 radical (unpaired) electrons. The number of rotatable bonds is 10. The van der Waals surface area contributed by atoms with E-state index < -0.39 is 34.5 Å². The van der Waals surface area contributed by atoms with Gasteiger partial charge in [0.05, 0.1) is 26.2 Å². The van der Waals surface area contributed by atoms with E-state index in [1.807, 2.05) is 122 Å². The van der Waals surface area contributed by atoms with Gasteiger partial charge in [-0.25, -0.2) is 4.79 Å². The van der Waals surface area contributed by atoms with Crippen LogP contribution in [0, 0.1) is 0 Å². The lowest BCUT2D eigenvalue weighted by Crippen LogP contribution is -2.54. The number of benzene rings is 1. The van der Waals surface area contributed by atoms with Crippen molar-refractivity contribution < 1.29 is 61.2 Å². The molecule has 1 saturated heterocycles. The minimum Gasteiger partial charge on any atom is -0.475 e. The monoisotopic (exact) mass is 847 g/mol. The van der Waals surface area contributed by atoms with Crippen molar-refractivity contribution >= 4 is 35.5 Å². The normalized spacial score (nSPS) is 17.6. The van der Waals surface area contributed by atoms with E-state index in [1.165, 1.54) is 0 Å². The topological polar surface area (TPSA) is 181 Å². The molecule has 1 aliphatic rings. The second-order valence-electron chi connectivity index (χ2n) is 18.5. The molecule has 1 aromatic rings. The molecule has 0 bridgehead atoms. The van der Waals surface area contributed by atoms with Crippen LogP contribution in [0.1, 0.15) is 88.6 Å². The number of carbonyl (C=O) groups is 5. The van der Waals surface area contributed by atoms with Gasteiger partial charge < -0.3 is 29.8 Å². The number of carbonyl (C=O) groups excluding carboxylic acids is 4. The Bertz CT molecular complexity index is 1510. The van der Waals surface area contributed by atoms with Gasteiger partial charge in [0, 0.05) is 57.5 Å². The molecular weight excluding hydrogens is 779 g/mol. The van der Waals surface area contributed by atoms with Crippen LogP contribution in [-0.2, 0) is 49.3 Å². The highest BCUT2D eigenvalue weighted by Crippen LogP contribution is 2.18. The fraction of sp³-hybridized carbons (Fsp3) is 0.732. The first-order chi connectivity index (χ1) is 26.7. The van der Waals surface area contributed by atoms with Crippen LogP contribution in [-0.4, -0.2) is 161 Å². The summed E-state index contributed by atoms with van der Waals surface area (Å²) in [5.74, 6) is -4.22. The van der Waals surface area contributed by atoms with Crippen molar-refractivity contribution in [3.63, 3.8) is 0 Å². The fourth-order valence-electron chi connectivity index (χ4n) is 5.74. The van der Waals surface area contributed by atoms with Gasteiger partial charge in [0.15, 0.2) is 0 Å². The van der Waals surface area contributed by atoms with Crippen LogP contribution in [0.5, 0.6) is 0 Å². The average molecular weight is 848 g/mol. The van der Waals surface area contributed by atoms with Gasteiger partial charge in [0.1, 0.15) is 22.4 Å². The summed E-state index contributed by atoms with van der Waals surface area (Å²) in [6.07, 6.45) is -4.54. The highest BCUT2D eigenvalue weighted by Gasteiger charge is 2.38. The summed E-state index contributed by atoms with van der Waals surface area (Å²) in [7, 11) is 0. The van der Waals surface area contributed by atoms with Crippen molar-refractivity contribution in [2.24, 2.45) is 0 Å². The maximum Gasteiger partial charge on any atom is 0.490 e. The highest BCUT2D eigenvalue weighted by molar-refractivity contribution is 5.74. The van der Waals surface area contributed by atoms with Gasteiger partial charge in [0.25, 0.3) is 0 Å². The lowest BCUT2D eigenvalue weighted by Gasteiger charge is -2.38. The number of anilines is 1. The Morgan fingerprint density at radius 2 is 0.881 bits per heavy atom. The van der Waals surface area contributed by atoms with Gasteiger partial charge >= 0.3 is 36.0 Å². The molecule has 1 heterocycles. The summed E-state index contributed by atoms with van der Waals surface area (Å²) in [6, 6.07) is 7.36. The number of hydrogen-bond acceptors (Lipinski definition) is 14. The first-order valence-electron chi connectivity index (χ1n) is 19.6. The minimum absolute atomic E-state index is 0.00222. The Hall–Kier alpha value is -4.00. The number of nitrogens with zero attached hydrogens (tertiary/aromatic N) is 4. The smallest absolute Gasteiger partial charge is 0.475 e. The number of nitrogens with two attached hydrogens (primary N) is 1. The molecule has 0 unspecified atom stereocenters. The van der Waals surface area contributed by atoms with Crippen molar-refractivity contribution in [1.82, 2.24) is 19.6 Å². The SMILES string of the molecule is CC(C)(C)OC(=O)CN1CCN(CC(=O)OC(C)(C)C)CCN(CC(=O)OC(C)(C)C)[C@@H](Cc2ccc(N)cc2)CN(CC(=O)OC(C)(C)C)CC1.O=C(O)C(F)(F)F. The third-order valence-electron chi connectivity index (χ3n) is 7.92. The summed E-state index contributed by atoms with van der Waals surface area (Å²) < 4.78 is 54.6. The quantitative estimate of drug-likeness (QED) is 0.192. The van der Waals surface area contributed by atoms with E-state index in [4.69, 9.17) is 34.6 Å². The lowest BCUT2D eigenvalue weighted by molar-refractivity contribution is -0.192. The molecule has 0 amide bonds. The Morgan fingerprint density at radius 3 is 1.22 bits per heavy atom. The van der Waals surface area contributed by atoms with Gasteiger partial charge in [-0.15, -0.1) is 0 Å². The van der Waals surface area contributed by atoms with E-state index in [1.54, 1.807) is 0 Å². The van der Waals surface area contributed by atoms with Crippen LogP contribution >= 0.6 is 0 Å². The maximum atomic E-state index is 13.4. The van der Waals surface area contributed by atoms with E-state index in [2.05, 4.69) is 4.90 Å². The third-order valence-corrected chi connectivity index (χ3v) is 7.92. The van der Waals surface area contributed by atoms with Crippen molar-refractivity contribution in [2.45, 2.75) is 124 Å². The van der Waals surface area contributed by atoms with Crippen LogP contribution in [0.15, 0.2) is 24.3 Å². The third kappa shape index (κ3) is 26.0. The van der Waals surface area contributed by atoms with Crippen LogP contribution in [0.3, 0.4) is 0 Å². The first-order valence-corrected chi connectivity index (χ1v) is 19.6. The summed E-state index contributed by atoms with van der Waals surface area (Å²) >= 11 is 0. The number of alkyl halides is 3. The molecule has 1 aromatic carbocycles. The average Bonchev–Trinajstić information content (AvgIpc) is 3.00. The number of aliphatic carboxylic acids is 1. The van der Waals surface area contributed by atoms with Crippen molar-refractivity contribution in [3.05, 3.63) is 29.8 Å². The Kier molecular flexibility index (Phi) is 20.3. The lowest BCUT2D eigenvalue weighted by atomic mass is 10.0. The summed E-state index contributed by atoms with van der Waals surface area (Å²) in [5.41, 5.74) is 5.01. The van der Waals surface area contributed by atoms with E-state index >= 15 is 0 Å². The van der Waals surface area contributed by atoms with Gasteiger partial charge in [-0.05, 0) is 107 Å².